The summed E-state index contributed by atoms with van der Waals surface area (Å²) in [5.41, 5.74) is 0. The molecule has 0 aromatic rings. The molecule has 1 atom stereocenters. The summed E-state index contributed by atoms with van der Waals surface area (Å²) in [6.07, 6.45) is -2.07. The van der Waals surface area contributed by atoms with Gasteiger partial charge in [0.1, 0.15) is 6.10 Å². The van der Waals surface area contributed by atoms with E-state index in [-0.39, 0.29) is 65.7 Å². The third-order valence-corrected chi connectivity index (χ3v) is 0.983. The molecule has 0 aliphatic carbocycles. The molecular weight excluding hydrogens is 198 g/mol. The van der Waals surface area contributed by atoms with Crippen molar-refractivity contribution < 1.29 is 83.7 Å². The van der Waals surface area contributed by atoms with Crippen LogP contribution >= 0.6 is 0 Å². The van der Waals surface area contributed by atoms with Crippen LogP contribution in [-0.4, -0.2) is 24.6 Å². The van der Waals surface area contributed by atoms with Gasteiger partial charge in [0, 0.05) is 19.0 Å². The van der Waals surface area contributed by atoms with Crippen LogP contribution in [0, 0.1) is 0 Å². The second kappa shape index (κ2) is 11.0. The molecule has 0 saturated heterocycles. The predicted octanol–water partition coefficient (Wildman–Crippen LogP) is -8.71. The van der Waals surface area contributed by atoms with Crippen molar-refractivity contribution in [2.24, 2.45) is 0 Å². The van der Waals surface area contributed by atoms with E-state index >= 15 is 0 Å². The van der Waals surface area contributed by atoms with Crippen molar-refractivity contribution in [3.63, 3.8) is 0 Å². The third-order valence-electron chi connectivity index (χ3n) is 0.983. The topological polar surface area (TPSA) is 89.5 Å². The van der Waals surface area contributed by atoms with Crippen LogP contribution in [0.25, 0.3) is 0 Å². The molecule has 0 aliphatic rings. The summed E-state index contributed by atoms with van der Waals surface area (Å²) in [6.45, 7) is 1.69. The van der Waals surface area contributed by atoms with Gasteiger partial charge in [-0.25, -0.2) is 0 Å². The van der Waals surface area contributed by atoms with E-state index in [4.69, 9.17) is 0 Å². The molecule has 0 bridgehead atoms. The average molecular weight is 206 g/mol. The van der Waals surface area contributed by atoms with Crippen molar-refractivity contribution in [2.75, 3.05) is 6.61 Å². The van der Waals surface area contributed by atoms with Crippen LogP contribution in [0.4, 0.5) is 0 Å². The number of aliphatic carboxylic acids is 2. The van der Waals surface area contributed by atoms with Crippen molar-refractivity contribution in [1.29, 1.82) is 0 Å². The van der Waals surface area contributed by atoms with Crippen LogP contribution in [0.15, 0.2) is 0 Å². The Balaban J connectivity index is -0.000000500. The number of rotatable bonds is 5. The maximum Gasteiger partial charge on any atom is 1.00 e. The Hall–Kier alpha value is 0.900. The molecule has 64 valence electrons. The molecule has 0 rings (SSSR count). The van der Waals surface area contributed by atoms with E-state index in [0.29, 0.717) is 0 Å². The molecule has 0 aromatic heterocycles. The van der Waals surface area contributed by atoms with E-state index in [2.05, 4.69) is 4.74 Å². The second-order valence-corrected chi connectivity index (χ2v) is 1.84. The number of carboxylic acids is 2. The molecule has 0 amide bonds. The number of hydrogen-bond acceptors (Lipinski definition) is 5. The molecule has 0 radical (unpaired) electrons. The fourth-order valence-corrected chi connectivity index (χ4v) is 0.563. The van der Waals surface area contributed by atoms with Gasteiger partial charge in [0.25, 0.3) is 0 Å². The molecule has 1 unspecified atom stereocenters. The summed E-state index contributed by atoms with van der Waals surface area (Å²) in [7, 11) is 0. The van der Waals surface area contributed by atoms with Gasteiger partial charge in [-0.1, -0.05) is 0 Å². The van der Waals surface area contributed by atoms with Gasteiger partial charge in [0.15, 0.2) is 0 Å². The minimum atomic E-state index is -1.53. The van der Waals surface area contributed by atoms with Gasteiger partial charge < -0.3 is 24.5 Å². The van der Waals surface area contributed by atoms with Crippen molar-refractivity contribution in [3.05, 3.63) is 0 Å². The van der Waals surface area contributed by atoms with Crippen LogP contribution in [-0.2, 0) is 14.3 Å². The Morgan fingerprint density at radius 3 is 2.00 bits per heavy atom. The van der Waals surface area contributed by atoms with Gasteiger partial charge in [0.05, 0.1) is 5.97 Å². The Morgan fingerprint density at radius 1 is 1.31 bits per heavy atom. The Bertz CT molecular complexity index is 161. The minimum Gasteiger partial charge on any atom is -0.550 e. The van der Waals surface area contributed by atoms with E-state index in [1.165, 1.54) is 0 Å². The summed E-state index contributed by atoms with van der Waals surface area (Å²) >= 11 is 0. The number of hydrogen-bond donors (Lipinski definition) is 0. The minimum absolute atomic E-state index is 0. The van der Waals surface area contributed by atoms with Crippen molar-refractivity contribution >= 4 is 11.9 Å². The zero-order valence-corrected chi connectivity index (χ0v) is 12.0. The summed E-state index contributed by atoms with van der Waals surface area (Å²) in [6, 6.07) is 0. The SMILES string of the molecule is CCOC(CC(=O)[O-])C(=O)[O-].[Na+].[Na+]. The van der Waals surface area contributed by atoms with E-state index < -0.39 is 24.5 Å². The van der Waals surface area contributed by atoms with Crippen molar-refractivity contribution in [1.82, 2.24) is 0 Å². The molecule has 0 aliphatic heterocycles. The summed E-state index contributed by atoms with van der Waals surface area (Å²) in [5.74, 6) is -3.00. The van der Waals surface area contributed by atoms with Gasteiger partial charge in [-0.15, -0.1) is 0 Å². The molecule has 0 spiro atoms. The predicted molar refractivity (Wildman–Crippen MR) is 30.0 cm³/mol. The van der Waals surface area contributed by atoms with E-state index in [1.54, 1.807) is 6.92 Å². The molecule has 0 saturated carbocycles. The smallest absolute Gasteiger partial charge is 0.550 e. The number of carbonyl (C=O) groups excluding carboxylic acids is 2. The standard InChI is InChI=1S/C6H10O5.2Na/c1-2-11-4(6(9)10)3-5(7)8;;/h4H,2-3H2,1H3,(H,7,8)(H,9,10);;/q;2*+1/p-2. The fraction of sp³-hybridized carbons (Fsp3) is 0.667. The molecule has 0 fully saturated rings. The Kier molecular flexibility index (Phi) is 16.4. The van der Waals surface area contributed by atoms with Crippen molar-refractivity contribution in [3.8, 4) is 0 Å². The first-order valence-corrected chi connectivity index (χ1v) is 3.10. The van der Waals surface area contributed by atoms with Crippen LogP contribution in [0.2, 0.25) is 0 Å². The Morgan fingerprint density at radius 2 is 1.77 bits per heavy atom. The first kappa shape index (κ1) is 19.5. The van der Waals surface area contributed by atoms with Gasteiger partial charge in [0.2, 0.25) is 0 Å². The first-order chi connectivity index (χ1) is 5.07. The largest absolute Gasteiger partial charge is 1.00 e. The summed E-state index contributed by atoms with van der Waals surface area (Å²) < 4.78 is 4.53. The molecule has 0 N–H and O–H groups in total. The van der Waals surface area contributed by atoms with E-state index in [1.807, 2.05) is 0 Å². The third kappa shape index (κ3) is 10.8. The number of carboxylic acid groups (broad SMARTS) is 2. The zero-order chi connectivity index (χ0) is 8.85. The first-order valence-electron chi connectivity index (χ1n) is 3.10. The van der Waals surface area contributed by atoms with Gasteiger partial charge >= 0.3 is 59.1 Å². The van der Waals surface area contributed by atoms with Gasteiger partial charge in [-0.05, 0) is 6.92 Å². The van der Waals surface area contributed by atoms with Gasteiger partial charge in [-0.2, -0.15) is 0 Å². The number of carbonyl (C=O) groups is 2. The Labute approximate surface area is 120 Å². The van der Waals surface area contributed by atoms with Crippen LogP contribution in [0.5, 0.6) is 0 Å². The van der Waals surface area contributed by atoms with Crippen LogP contribution in [0.1, 0.15) is 13.3 Å². The molecule has 0 aromatic carbocycles. The van der Waals surface area contributed by atoms with E-state index in [9.17, 15) is 19.8 Å². The second-order valence-electron chi connectivity index (χ2n) is 1.84. The van der Waals surface area contributed by atoms with Crippen LogP contribution in [0.3, 0.4) is 0 Å². The zero-order valence-electron chi connectivity index (χ0n) is 8.03. The molecule has 0 heterocycles. The fourth-order valence-electron chi connectivity index (χ4n) is 0.563. The quantitative estimate of drug-likeness (QED) is 0.417. The molecule has 5 nitrogen and oxygen atoms in total. The maximum absolute atomic E-state index is 10.1. The van der Waals surface area contributed by atoms with Crippen molar-refractivity contribution in [2.45, 2.75) is 19.4 Å². The molecular formula is C6H8Na2O5. The average Bonchev–Trinajstić information content (AvgIpc) is 1.86. The van der Waals surface area contributed by atoms with E-state index in [0.717, 1.165) is 0 Å². The van der Waals surface area contributed by atoms with Crippen LogP contribution < -0.4 is 69.3 Å². The summed E-state index contributed by atoms with van der Waals surface area (Å²) in [5, 5.41) is 20.0. The van der Waals surface area contributed by atoms with Gasteiger partial charge in [-0.3, -0.25) is 0 Å². The summed E-state index contributed by atoms with van der Waals surface area (Å²) in [4.78, 5) is 20.0. The normalized spacial score (nSPS) is 10.5. The maximum atomic E-state index is 10.1. The molecule has 7 heteroatoms. The molecule has 13 heavy (non-hydrogen) atoms. The monoisotopic (exact) mass is 206 g/mol. The number of ether oxygens (including phenoxy) is 1.